The lowest BCUT2D eigenvalue weighted by molar-refractivity contribution is 0.670. The highest BCUT2D eigenvalue weighted by molar-refractivity contribution is 8.00. The van der Waals surface area contributed by atoms with Crippen LogP contribution >= 0.6 is 23.5 Å². The molecule has 140 heavy (non-hydrogen) atoms. The topological polar surface area (TPSA) is 89.0 Å². The number of hydrogen-bond donors (Lipinski definition) is 0. The largest absolute Gasteiger partial charge is 0.455 e. The summed E-state index contributed by atoms with van der Waals surface area (Å²) < 4.78 is 23.0. The van der Waals surface area contributed by atoms with Gasteiger partial charge in [0.2, 0.25) is 0 Å². The minimum Gasteiger partial charge on any atom is -0.455 e. The smallest absolute Gasteiger partial charge is 0.143 e. The van der Waals surface area contributed by atoms with Gasteiger partial charge in [-0.1, -0.05) is 339 Å². The molecule has 652 valence electrons. The van der Waals surface area contributed by atoms with Crippen molar-refractivity contribution in [2.75, 3.05) is 9.80 Å². The summed E-state index contributed by atoms with van der Waals surface area (Å²) in [5.41, 5.74) is 31.7. The monoisotopic (exact) mass is 1820 g/mol. The standard InChI is InChI=1S/2C43H26N2OS.C43H24N2O/c1-3-13-27(14-4-1)42-33-26-32(43-41(31-18-8-11-21-37(31)46-43)40(33)30-17-7-9-19-34(30)44-42)28-23-24-36-39(25-28)47-38-22-12-10-20-35(38)45(36)29-15-5-2-6-16-29;1-2-14-27(15-3-1)42-32-26-31(43-41(30-18-6-11-23-37(30)46-43)40(32)29-17-4-7-19-33(29)44-42)28-16-5-8-20-34(28)45-35-21-9-12-24-38(35)47-39-25-13-10-22-36(39)45;1-2-12-25(13-3-1)41-34-24-31(43-40(30-17-7-11-21-38(30)46-43)39(34)29-16-4-8-18-35(29)44-41)26-22-32-27-14-5-9-19-36(27)45-37-20-10-6-15-28(37)33(23-26)42(32)45/h2*1-26H;1-24H. The lowest BCUT2D eigenvalue weighted by Gasteiger charge is -2.34. The van der Waals surface area contributed by atoms with Gasteiger partial charge in [0.1, 0.15) is 33.5 Å². The van der Waals surface area contributed by atoms with Gasteiger partial charge in [0, 0.05) is 167 Å². The van der Waals surface area contributed by atoms with Crippen molar-refractivity contribution in [3.63, 3.8) is 0 Å². The second-order valence-electron chi connectivity index (χ2n) is 36.1. The molecule has 0 spiro atoms. The summed E-state index contributed by atoms with van der Waals surface area (Å²) in [7, 11) is 0. The Morgan fingerprint density at radius 2 is 0.521 bits per heavy atom. The molecule has 0 radical (unpaired) electrons. The molecule has 29 aromatic rings. The predicted molar refractivity (Wildman–Crippen MR) is 584 cm³/mol. The van der Waals surface area contributed by atoms with Crippen LogP contribution in [0.5, 0.6) is 0 Å². The lowest BCUT2D eigenvalue weighted by Crippen LogP contribution is -2.15. The number of fused-ring (bicyclic) bond motifs is 31. The summed E-state index contributed by atoms with van der Waals surface area (Å²) >= 11 is 3.64. The summed E-state index contributed by atoms with van der Waals surface area (Å²) in [6.45, 7) is 0. The first kappa shape index (κ1) is 79.5. The molecule has 0 saturated carbocycles. The van der Waals surface area contributed by atoms with E-state index < -0.39 is 0 Å². The molecule has 10 heterocycles. The molecule has 9 nitrogen and oxygen atoms in total. The van der Waals surface area contributed by atoms with E-state index in [0.717, 1.165) is 193 Å². The molecule has 8 aromatic heterocycles. The second-order valence-corrected chi connectivity index (χ2v) is 38.2. The van der Waals surface area contributed by atoms with Crippen LogP contribution < -0.4 is 9.80 Å². The fraction of sp³-hybridized carbons (Fsp3) is 0. The van der Waals surface area contributed by atoms with Crippen molar-refractivity contribution in [1.29, 1.82) is 0 Å². The molecule has 0 N–H and O–H groups in total. The van der Waals surface area contributed by atoms with Gasteiger partial charge in [-0.05, 0) is 157 Å². The van der Waals surface area contributed by atoms with Crippen LogP contribution in [-0.4, -0.2) is 19.4 Å². The number of para-hydroxylation sites is 13. The van der Waals surface area contributed by atoms with Crippen molar-refractivity contribution >= 4 is 227 Å². The summed E-state index contributed by atoms with van der Waals surface area (Å²) in [5.74, 6) is 0. The zero-order valence-corrected chi connectivity index (χ0v) is 76.7. The maximum absolute atomic E-state index is 6.88. The van der Waals surface area contributed by atoms with Gasteiger partial charge >= 0.3 is 0 Å². The average molecular weight is 1820 g/mol. The van der Waals surface area contributed by atoms with Crippen LogP contribution in [-0.2, 0) is 0 Å². The summed E-state index contributed by atoms with van der Waals surface area (Å²) in [5, 5.41) is 22.0. The van der Waals surface area contributed by atoms with Gasteiger partial charge in [-0.3, -0.25) is 0 Å². The van der Waals surface area contributed by atoms with E-state index in [9.17, 15) is 0 Å². The summed E-state index contributed by atoms with van der Waals surface area (Å²) in [6.07, 6.45) is 0. The van der Waals surface area contributed by atoms with Gasteiger partial charge in [0.15, 0.2) is 0 Å². The summed E-state index contributed by atoms with van der Waals surface area (Å²) in [6, 6.07) is 164. The molecule has 2 aliphatic rings. The molecule has 0 atom stereocenters. The molecule has 0 aliphatic carbocycles. The van der Waals surface area contributed by atoms with Crippen molar-refractivity contribution in [2.24, 2.45) is 0 Å². The van der Waals surface area contributed by atoms with Crippen LogP contribution in [0.3, 0.4) is 0 Å². The van der Waals surface area contributed by atoms with Crippen LogP contribution in [0.15, 0.2) is 494 Å². The fourth-order valence-corrected chi connectivity index (χ4v) is 24.5. The molecule has 11 heteroatoms. The van der Waals surface area contributed by atoms with E-state index in [0.29, 0.717) is 0 Å². The number of anilines is 6. The van der Waals surface area contributed by atoms with Crippen LogP contribution in [0.4, 0.5) is 34.1 Å². The fourth-order valence-electron chi connectivity index (χ4n) is 22.3. The van der Waals surface area contributed by atoms with Gasteiger partial charge in [0.25, 0.3) is 0 Å². The van der Waals surface area contributed by atoms with Crippen molar-refractivity contribution in [3.05, 3.63) is 461 Å². The van der Waals surface area contributed by atoms with Gasteiger partial charge in [-0.25, -0.2) is 15.0 Å². The van der Waals surface area contributed by atoms with E-state index in [1.807, 2.05) is 29.6 Å². The van der Waals surface area contributed by atoms with Crippen LogP contribution in [0, 0.1) is 0 Å². The Kier molecular flexibility index (Phi) is 18.1. The number of hydrogen-bond acceptors (Lipinski definition) is 10. The highest BCUT2D eigenvalue weighted by Gasteiger charge is 2.33. The predicted octanol–water partition coefficient (Wildman–Crippen LogP) is 36.9. The number of rotatable bonds is 8. The van der Waals surface area contributed by atoms with Crippen molar-refractivity contribution in [2.45, 2.75) is 19.6 Å². The first-order chi connectivity index (χ1) is 69.5. The van der Waals surface area contributed by atoms with E-state index in [4.69, 9.17) is 28.2 Å². The number of furan rings is 3. The third kappa shape index (κ3) is 12.4. The first-order valence-electron chi connectivity index (χ1n) is 47.3. The Hall–Kier alpha value is -17.9. The van der Waals surface area contributed by atoms with E-state index >= 15 is 0 Å². The van der Waals surface area contributed by atoms with E-state index in [1.165, 1.54) is 96.6 Å². The van der Waals surface area contributed by atoms with E-state index in [-0.39, 0.29) is 0 Å². The Bertz CT molecular complexity index is 10100. The molecule has 21 aromatic carbocycles. The first-order valence-corrected chi connectivity index (χ1v) is 49.0. The zero-order chi connectivity index (χ0) is 91.7. The minimum absolute atomic E-state index is 0.876. The Labute approximate surface area is 810 Å². The van der Waals surface area contributed by atoms with E-state index in [1.54, 1.807) is 0 Å². The SMILES string of the molecule is c1ccc(-c2nc3ccccc3c3c2cc(-c2cc4c5ccccc5n5c6ccccc6c(c2)c45)c2oc4ccccc4c23)cc1.c1ccc(-c2nc3ccccc3c3c2cc(-c2ccc4c(c2)Sc2ccccc2N4c2ccccc2)c2oc4ccccc4c23)cc1.c1ccc(-c2nc3ccccc3c3c2cc(-c2ccccc2N2c4ccccc4Sc4ccccc42)c2oc4ccccc4c23)cc1. The second kappa shape index (κ2) is 31.9. The molecular weight excluding hydrogens is 1750 g/mol. The maximum atomic E-state index is 6.88. The minimum atomic E-state index is 0.876. The zero-order valence-electron chi connectivity index (χ0n) is 75.1. The molecule has 0 saturated heterocycles. The molecule has 31 rings (SSSR count). The number of benzene rings is 21. The van der Waals surface area contributed by atoms with Crippen molar-refractivity contribution in [3.8, 4) is 67.2 Å². The molecule has 0 fully saturated rings. The number of nitrogens with zero attached hydrogens (tertiary/aromatic N) is 6. The number of aromatic nitrogens is 4. The quantitative estimate of drug-likeness (QED) is 0.137. The van der Waals surface area contributed by atoms with Crippen LogP contribution in [0.25, 0.3) is 236 Å². The van der Waals surface area contributed by atoms with Gasteiger partial charge < -0.3 is 27.5 Å². The Morgan fingerprint density at radius 3 is 0.971 bits per heavy atom. The molecule has 0 unspecified atom stereocenters. The number of pyridine rings is 3. The third-order valence-electron chi connectivity index (χ3n) is 28.3. The third-order valence-corrected chi connectivity index (χ3v) is 30.5. The Morgan fingerprint density at radius 1 is 0.193 bits per heavy atom. The highest BCUT2D eigenvalue weighted by Crippen LogP contribution is 2.59. The summed E-state index contributed by atoms with van der Waals surface area (Å²) in [4.78, 5) is 25.6. The van der Waals surface area contributed by atoms with Crippen molar-refractivity contribution < 1.29 is 13.3 Å². The highest BCUT2D eigenvalue weighted by atomic mass is 32.2. The van der Waals surface area contributed by atoms with Crippen LogP contribution in [0.1, 0.15) is 0 Å². The maximum Gasteiger partial charge on any atom is 0.143 e. The molecule has 0 bridgehead atoms. The molecule has 2 aliphatic heterocycles. The average Bonchev–Trinajstić information content (AvgIpc) is 1.53. The van der Waals surface area contributed by atoms with E-state index in [2.05, 4.69) is 469 Å². The normalized spacial score (nSPS) is 12.5. The van der Waals surface area contributed by atoms with Crippen LogP contribution in [0.2, 0.25) is 0 Å². The Balaban J connectivity index is 0.000000101. The van der Waals surface area contributed by atoms with Gasteiger partial charge in [0.05, 0.1) is 78.6 Å². The van der Waals surface area contributed by atoms with Gasteiger partial charge in [-0.2, -0.15) is 0 Å². The lowest BCUT2D eigenvalue weighted by atomic mass is 9.91. The van der Waals surface area contributed by atoms with Gasteiger partial charge in [-0.15, -0.1) is 0 Å². The van der Waals surface area contributed by atoms with Crippen molar-refractivity contribution in [1.82, 2.24) is 19.4 Å². The molecular formula is C129H76N6O3S2. The molecule has 0 amide bonds.